The summed E-state index contributed by atoms with van der Waals surface area (Å²) < 4.78 is 46.2. The van der Waals surface area contributed by atoms with Crippen LogP contribution in [-0.2, 0) is 6.54 Å². The summed E-state index contributed by atoms with van der Waals surface area (Å²) in [5, 5.41) is 12.3. The van der Waals surface area contributed by atoms with Gasteiger partial charge in [0.05, 0.1) is 13.7 Å². The Labute approximate surface area is 121 Å². The molecule has 1 rings (SSSR count). The third-order valence-corrected chi connectivity index (χ3v) is 2.79. The molecular formula is C14H20F3NO3. The Balaban J connectivity index is 2.74. The first-order valence-electron chi connectivity index (χ1n) is 6.39. The number of alkyl halides is 3. The number of nitrogens with one attached hydrogen (secondary N) is 1. The molecular weight excluding hydrogens is 287 g/mol. The molecule has 0 saturated heterocycles. The topological polar surface area (TPSA) is 50.7 Å². The Bertz CT molecular complexity index is 461. The molecule has 0 saturated carbocycles. The Hall–Kier alpha value is -1.47. The first-order chi connectivity index (χ1) is 9.67. The van der Waals surface area contributed by atoms with Crippen molar-refractivity contribution in [2.24, 2.45) is 0 Å². The molecule has 0 aromatic heterocycles. The quantitative estimate of drug-likeness (QED) is 0.812. The first-order valence-corrected chi connectivity index (χ1v) is 6.39. The van der Waals surface area contributed by atoms with Crippen molar-refractivity contribution in [2.75, 3.05) is 20.3 Å². The highest BCUT2D eigenvalue weighted by Gasteiger charge is 2.29. The number of aliphatic hydroxyl groups excluding tert-OH is 1. The first kappa shape index (κ1) is 17.6. The summed E-state index contributed by atoms with van der Waals surface area (Å²) in [6.07, 6.45) is -4.39. The van der Waals surface area contributed by atoms with Crippen molar-refractivity contribution in [3.05, 3.63) is 23.8 Å². The molecule has 0 amide bonds. The summed E-state index contributed by atoms with van der Waals surface area (Å²) >= 11 is 0. The molecule has 0 spiro atoms. The molecule has 0 unspecified atom stereocenters. The van der Waals surface area contributed by atoms with Gasteiger partial charge in [-0.05, 0) is 31.5 Å². The number of rotatable bonds is 7. The van der Waals surface area contributed by atoms with E-state index in [1.165, 1.54) is 13.2 Å². The second kappa shape index (κ2) is 7.00. The van der Waals surface area contributed by atoms with Crippen LogP contribution >= 0.6 is 0 Å². The maximum atomic E-state index is 12.1. The Morgan fingerprint density at radius 1 is 1.19 bits per heavy atom. The van der Waals surface area contributed by atoms with E-state index in [4.69, 9.17) is 14.6 Å². The highest BCUT2D eigenvalue weighted by atomic mass is 19.4. The molecule has 21 heavy (non-hydrogen) atoms. The van der Waals surface area contributed by atoms with Crippen LogP contribution in [0, 0.1) is 0 Å². The number of aliphatic hydroxyl groups is 1. The lowest BCUT2D eigenvalue weighted by Crippen LogP contribution is -2.42. The molecule has 0 atom stereocenters. The second-order valence-electron chi connectivity index (χ2n) is 5.28. The molecule has 120 valence electrons. The predicted octanol–water partition coefficient (Wildman–Crippen LogP) is 2.50. The van der Waals surface area contributed by atoms with E-state index in [1.54, 1.807) is 12.1 Å². The van der Waals surface area contributed by atoms with E-state index in [-0.39, 0.29) is 18.1 Å². The van der Waals surface area contributed by atoms with Gasteiger partial charge in [0.25, 0.3) is 0 Å². The molecule has 4 nitrogen and oxygen atoms in total. The minimum absolute atomic E-state index is 0.0308. The van der Waals surface area contributed by atoms with Crippen molar-refractivity contribution in [1.29, 1.82) is 0 Å². The fourth-order valence-corrected chi connectivity index (χ4v) is 1.50. The lowest BCUT2D eigenvalue weighted by Gasteiger charge is -2.23. The maximum absolute atomic E-state index is 12.1. The van der Waals surface area contributed by atoms with Gasteiger partial charge >= 0.3 is 6.18 Å². The van der Waals surface area contributed by atoms with Gasteiger partial charge in [-0.15, -0.1) is 0 Å². The molecule has 0 bridgehead atoms. The number of halogens is 3. The molecule has 0 aliphatic rings. The molecule has 2 N–H and O–H groups in total. The fraction of sp³-hybridized carbons (Fsp3) is 0.571. The number of benzene rings is 1. The molecule has 0 aliphatic heterocycles. The van der Waals surface area contributed by atoms with Gasteiger partial charge in [0.2, 0.25) is 0 Å². The molecule has 7 heteroatoms. The van der Waals surface area contributed by atoms with E-state index >= 15 is 0 Å². The highest BCUT2D eigenvalue weighted by molar-refractivity contribution is 5.43. The largest absolute Gasteiger partial charge is 0.493 e. The van der Waals surface area contributed by atoms with Crippen LogP contribution in [-0.4, -0.2) is 37.1 Å². The molecule has 1 aromatic rings. The Kier molecular flexibility index (Phi) is 5.86. The van der Waals surface area contributed by atoms with E-state index in [0.717, 1.165) is 5.56 Å². The van der Waals surface area contributed by atoms with Gasteiger partial charge in [-0.3, -0.25) is 0 Å². The predicted molar refractivity (Wildman–Crippen MR) is 72.5 cm³/mol. The summed E-state index contributed by atoms with van der Waals surface area (Å²) in [5.41, 5.74) is 0.367. The van der Waals surface area contributed by atoms with Crippen LogP contribution in [0.1, 0.15) is 19.4 Å². The van der Waals surface area contributed by atoms with Gasteiger partial charge in [0.1, 0.15) is 0 Å². The number of ether oxygens (including phenoxy) is 2. The second-order valence-corrected chi connectivity index (χ2v) is 5.28. The third-order valence-electron chi connectivity index (χ3n) is 2.79. The smallest absolute Gasteiger partial charge is 0.422 e. The molecule has 0 radical (unpaired) electrons. The third kappa shape index (κ3) is 6.22. The van der Waals surface area contributed by atoms with Crippen LogP contribution in [0.2, 0.25) is 0 Å². The van der Waals surface area contributed by atoms with Crippen molar-refractivity contribution >= 4 is 0 Å². The van der Waals surface area contributed by atoms with Gasteiger partial charge in [-0.1, -0.05) is 6.07 Å². The zero-order valence-corrected chi connectivity index (χ0v) is 12.3. The maximum Gasteiger partial charge on any atom is 0.422 e. The van der Waals surface area contributed by atoms with Crippen LogP contribution in [0.4, 0.5) is 13.2 Å². The van der Waals surface area contributed by atoms with Crippen LogP contribution < -0.4 is 14.8 Å². The summed E-state index contributed by atoms with van der Waals surface area (Å²) in [6.45, 7) is 2.73. The van der Waals surface area contributed by atoms with Crippen molar-refractivity contribution in [1.82, 2.24) is 5.32 Å². The minimum Gasteiger partial charge on any atom is -0.493 e. The average molecular weight is 307 g/mol. The summed E-state index contributed by atoms with van der Waals surface area (Å²) in [5.74, 6) is 0.278. The standard InChI is InChI=1S/C14H20F3NO3/c1-13(2,8-19)18-7-10-4-5-11(12(6-10)20-3)21-9-14(15,16)17/h4-6,18-19H,7-9H2,1-3H3. The lowest BCUT2D eigenvalue weighted by molar-refractivity contribution is -0.153. The Morgan fingerprint density at radius 3 is 2.38 bits per heavy atom. The van der Waals surface area contributed by atoms with Gasteiger partial charge in [-0.2, -0.15) is 13.2 Å². The van der Waals surface area contributed by atoms with Gasteiger partial charge in [0, 0.05) is 12.1 Å². The molecule has 1 aromatic carbocycles. The van der Waals surface area contributed by atoms with Crippen LogP contribution in [0.3, 0.4) is 0 Å². The Morgan fingerprint density at radius 2 is 1.86 bits per heavy atom. The zero-order valence-electron chi connectivity index (χ0n) is 12.3. The van der Waals surface area contributed by atoms with E-state index in [9.17, 15) is 13.2 Å². The number of methoxy groups -OCH3 is 1. The minimum atomic E-state index is -4.39. The van der Waals surface area contributed by atoms with Crippen LogP contribution in [0.25, 0.3) is 0 Å². The van der Waals surface area contributed by atoms with E-state index in [2.05, 4.69) is 5.32 Å². The highest BCUT2D eigenvalue weighted by Crippen LogP contribution is 2.29. The molecule has 0 aliphatic carbocycles. The summed E-state index contributed by atoms with van der Waals surface area (Å²) in [7, 11) is 1.37. The van der Waals surface area contributed by atoms with E-state index < -0.39 is 18.3 Å². The van der Waals surface area contributed by atoms with Crippen molar-refractivity contribution in [3.8, 4) is 11.5 Å². The summed E-state index contributed by atoms with van der Waals surface area (Å²) in [6, 6.07) is 4.69. The number of hydrogen-bond acceptors (Lipinski definition) is 4. The van der Waals surface area contributed by atoms with Crippen molar-refractivity contribution in [3.63, 3.8) is 0 Å². The van der Waals surface area contributed by atoms with E-state index in [0.29, 0.717) is 6.54 Å². The SMILES string of the molecule is COc1cc(CNC(C)(C)CO)ccc1OCC(F)(F)F. The normalized spacial score (nSPS) is 12.3. The van der Waals surface area contributed by atoms with Crippen molar-refractivity contribution in [2.45, 2.75) is 32.1 Å². The lowest BCUT2D eigenvalue weighted by atomic mass is 10.1. The van der Waals surface area contributed by atoms with Gasteiger partial charge in [0.15, 0.2) is 18.1 Å². The fourth-order valence-electron chi connectivity index (χ4n) is 1.50. The van der Waals surface area contributed by atoms with Gasteiger partial charge in [-0.25, -0.2) is 0 Å². The van der Waals surface area contributed by atoms with Crippen LogP contribution in [0.5, 0.6) is 11.5 Å². The molecule has 0 fully saturated rings. The number of hydrogen-bond donors (Lipinski definition) is 2. The van der Waals surface area contributed by atoms with Crippen molar-refractivity contribution < 1.29 is 27.8 Å². The zero-order chi connectivity index (χ0) is 16.1. The monoisotopic (exact) mass is 307 g/mol. The van der Waals surface area contributed by atoms with Crippen LogP contribution in [0.15, 0.2) is 18.2 Å². The molecule has 0 heterocycles. The average Bonchev–Trinajstić information content (AvgIpc) is 2.42. The summed E-state index contributed by atoms with van der Waals surface area (Å²) in [4.78, 5) is 0. The van der Waals surface area contributed by atoms with Gasteiger partial charge < -0.3 is 19.9 Å². The van der Waals surface area contributed by atoms with E-state index in [1.807, 2.05) is 13.8 Å².